The van der Waals surface area contributed by atoms with Crippen LogP contribution in [0.25, 0.3) is 22.0 Å². The van der Waals surface area contributed by atoms with Crippen LogP contribution in [0.5, 0.6) is 5.75 Å². The summed E-state index contributed by atoms with van der Waals surface area (Å²) >= 11 is 0. The summed E-state index contributed by atoms with van der Waals surface area (Å²) in [6.45, 7) is 4.79. The Bertz CT molecular complexity index is 2380. The third-order valence-electron chi connectivity index (χ3n) is 11.3. The Morgan fingerprint density at radius 3 is 2.26 bits per heavy atom. The van der Waals surface area contributed by atoms with Gasteiger partial charge < -0.3 is 41.2 Å². The van der Waals surface area contributed by atoms with E-state index in [0.29, 0.717) is 44.6 Å². The number of rotatable bonds is 13. The van der Waals surface area contributed by atoms with Gasteiger partial charge in [-0.1, -0.05) is 78.0 Å². The highest BCUT2D eigenvalue weighted by Crippen LogP contribution is 2.28. The highest BCUT2D eigenvalue weighted by Gasteiger charge is 2.34. The van der Waals surface area contributed by atoms with Crippen molar-refractivity contribution < 1.29 is 19.2 Å². The van der Waals surface area contributed by atoms with Crippen molar-refractivity contribution in [2.75, 3.05) is 13.1 Å². The van der Waals surface area contributed by atoms with Crippen LogP contribution in [0.2, 0.25) is 0 Å². The monoisotopic (exact) mass is 781 g/mol. The number of piperidine rings is 1. The maximum absolute atomic E-state index is 14.6. The van der Waals surface area contributed by atoms with E-state index in [1.54, 1.807) is 17.0 Å². The van der Waals surface area contributed by atoms with Crippen LogP contribution in [-0.4, -0.2) is 67.7 Å². The number of guanidine groups is 1. The molecule has 0 aliphatic carbocycles. The minimum atomic E-state index is -1.03. The summed E-state index contributed by atoms with van der Waals surface area (Å²) < 4.78 is 7.96. The van der Waals surface area contributed by atoms with E-state index < -0.39 is 29.9 Å². The molecule has 13 heteroatoms. The van der Waals surface area contributed by atoms with Crippen molar-refractivity contribution in [3.8, 4) is 16.9 Å². The number of carbonyl (C=O) groups excluding carboxylic acids is 2. The molecular formula is C45H51N9O4. The van der Waals surface area contributed by atoms with Crippen LogP contribution >= 0.6 is 0 Å². The van der Waals surface area contributed by atoms with Gasteiger partial charge in [-0.2, -0.15) is 4.98 Å². The minimum absolute atomic E-state index is 0.00300. The predicted molar refractivity (Wildman–Crippen MR) is 224 cm³/mol. The molecule has 0 saturated carbocycles. The van der Waals surface area contributed by atoms with Crippen molar-refractivity contribution in [2.24, 2.45) is 24.4 Å². The molecule has 0 spiro atoms. The summed E-state index contributed by atoms with van der Waals surface area (Å²) in [7, 11) is 1.98. The van der Waals surface area contributed by atoms with E-state index in [0.717, 1.165) is 49.8 Å². The molecule has 0 unspecified atom stereocenters. The fourth-order valence-electron chi connectivity index (χ4n) is 8.08. The van der Waals surface area contributed by atoms with E-state index in [1.807, 2.05) is 86.3 Å². The number of para-hydroxylation sites is 1. The summed E-state index contributed by atoms with van der Waals surface area (Å²) in [6, 6.07) is 27.1. The molecule has 0 bridgehead atoms. The zero-order valence-electron chi connectivity index (χ0n) is 33.1. The highest BCUT2D eigenvalue weighted by atomic mass is 16.5. The van der Waals surface area contributed by atoms with Crippen molar-refractivity contribution in [2.45, 2.75) is 64.1 Å². The number of likely N-dealkylation sites (tertiary alicyclic amines) is 1. The van der Waals surface area contributed by atoms with E-state index in [2.05, 4.69) is 40.1 Å². The molecule has 13 nitrogen and oxygen atoms in total. The van der Waals surface area contributed by atoms with Gasteiger partial charge >= 0.3 is 0 Å². The molecule has 58 heavy (non-hydrogen) atoms. The van der Waals surface area contributed by atoms with E-state index in [1.165, 1.54) is 0 Å². The number of aromatic hydroxyl groups is 1. The Balaban J connectivity index is 1.16. The number of phenols is 1. The van der Waals surface area contributed by atoms with Gasteiger partial charge in [0.1, 0.15) is 17.8 Å². The first kappa shape index (κ1) is 39.8. The van der Waals surface area contributed by atoms with Gasteiger partial charge in [0, 0.05) is 56.5 Å². The first-order valence-electron chi connectivity index (χ1n) is 19.7. The topological polar surface area (TPSA) is 201 Å². The van der Waals surface area contributed by atoms with Gasteiger partial charge in [0.15, 0.2) is 11.8 Å². The van der Waals surface area contributed by atoms with E-state index >= 15 is 0 Å². The van der Waals surface area contributed by atoms with Gasteiger partial charge in [-0.05, 0) is 89.8 Å². The van der Waals surface area contributed by atoms with Crippen LogP contribution in [0.4, 0.5) is 0 Å². The van der Waals surface area contributed by atoms with Crippen molar-refractivity contribution in [1.82, 2.24) is 30.2 Å². The lowest BCUT2D eigenvalue weighted by Gasteiger charge is -2.34. The summed E-state index contributed by atoms with van der Waals surface area (Å²) in [5.41, 5.74) is 19.9. The van der Waals surface area contributed by atoms with Crippen molar-refractivity contribution in [3.63, 3.8) is 0 Å². The standard InChI is InChI=1S/C45H51N9O4/c1-27-21-34(55)22-28(2)36(27)25-37(49-43(57)41(46)32-17-19-54(20-18-32)45(47)48)42(56)50-38(24-33-26-53(3)39-12-8-7-11-35(33)39)44-51-40(52-58-44)23-29-13-15-31(16-14-29)30-9-5-4-6-10-30/h4-16,21-22,26,32,37-38,41,55H,17-20,23-25,46H2,1-3H3,(H3,47,48)(H,49,57)(H,50,56)/t37-,38-,41+/m0/s1. The molecule has 2 amide bonds. The van der Waals surface area contributed by atoms with Gasteiger partial charge in [-0.3, -0.25) is 15.0 Å². The van der Waals surface area contributed by atoms with Gasteiger partial charge in [0.2, 0.25) is 17.7 Å². The molecule has 3 atom stereocenters. The van der Waals surface area contributed by atoms with Gasteiger partial charge in [0.05, 0.1) is 6.04 Å². The Hall–Kier alpha value is -6.47. The molecule has 1 aliphatic rings. The second-order valence-corrected chi connectivity index (χ2v) is 15.4. The number of aryl methyl sites for hydroxylation is 3. The van der Waals surface area contributed by atoms with Crippen LogP contribution in [0.1, 0.15) is 58.4 Å². The van der Waals surface area contributed by atoms with E-state index in [-0.39, 0.29) is 29.9 Å². The van der Waals surface area contributed by atoms with Crippen LogP contribution in [0, 0.1) is 25.2 Å². The largest absolute Gasteiger partial charge is 0.508 e. The van der Waals surface area contributed by atoms with Crippen LogP contribution in [0.3, 0.4) is 0 Å². The average molecular weight is 782 g/mol. The molecule has 6 aromatic rings. The summed E-state index contributed by atoms with van der Waals surface area (Å²) in [5.74, 6) is -0.203. The maximum Gasteiger partial charge on any atom is 0.249 e. The zero-order valence-corrected chi connectivity index (χ0v) is 33.1. The molecule has 300 valence electrons. The van der Waals surface area contributed by atoms with Crippen molar-refractivity contribution >= 4 is 28.7 Å². The first-order valence-corrected chi connectivity index (χ1v) is 19.7. The third-order valence-corrected chi connectivity index (χ3v) is 11.3. The Labute approximate surface area is 337 Å². The molecule has 1 aliphatic heterocycles. The average Bonchev–Trinajstić information content (AvgIpc) is 3.82. The number of aromatic nitrogens is 3. The summed E-state index contributed by atoms with van der Waals surface area (Å²) in [6.07, 6.45) is 4.13. The van der Waals surface area contributed by atoms with Gasteiger partial charge in [-0.15, -0.1) is 0 Å². The van der Waals surface area contributed by atoms with Crippen molar-refractivity contribution in [1.29, 1.82) is 5.41 Å². The lowest BCUT2D eigenvalue weighted by molar-refractivity contribution is -0.131. The molecule has 4 aromatic carbocycles. The quantitative estimate of drug-likeness (QED) is 0.0673. The number of amides is 2. The normalized spacial score (nSPS) is 14.9. The predicted octanol–water partition coefficient (Wildman–Crippen LogP) is 5.20. The fourth-order valence-corrected chi connectivity index (χ4v) is 8.08. The Morgan fingerprint density at radius 1 is 0.914 bits per heavy atom. The highest BCUT2D eigenvalue weighted by molar-refractivity contribution is 5.90. The molecule has 0 radical (unpaired) electrons. The molecule has 2 aromatic heterocycles. The van der Waals surface area contributed by atoms with E-state index in [9.17, 15) is 14.7 Å². The number of nitrogens with one attached hydrogen (secondary N) is 3. The molecule has 8 N–H and O–H groups in total. The third kappa shape index (κ3) is 9.05. The Kier molecular flexibility index (Phi) is 11.9. The number of benzene rings is 4. The number of nitrogens with two attached hydrogens (primary N) is 2. The van der Waals surface area contributed by atoms with Crippen molar-refractivity contribution in [3.05, 3.63) is 137 Å². The number of carbonyl (C=O) groups is 2. The molecule has 1 saturated heterocycles. The van der Waals surface area contributed by atoms with Crippen LogP contribution in [0.15, 0.2) is 102 Å². The molecule has 3 heterocycles. The van der Waals surface area contributed by atoms with Crippen LogP contribution in [-0.2, 0) is 35.9 Å². The lowest BCUT2D eigenvalue weighted by Crippen LogP contribution is -2.56. The van der Waals surface area contributed by atoms with Crippen LogP contribution < -0.4 is 22.1 Å². The maximum atomic E-state index is 14.6. The molecular weight excluding hydrogens is 731 g/mol. The molecule has 1 fully saturated rings. The van der Waals surface area contributed by atoms with E-state index in [4.69, 9.17) is 26.4 Å². The fraction of sp³-hybridized carbons (Fsp3) is 0.311. The smallest absolute Gasteiger partial charge is 0.249 e. The summed E-state index contributed by atoms with van der Waals surface area (Å²) in [4.78, 5) is 35.1. The number of hydrogen-bond donors (Lipinski definition) is 6. The zero-order chi connectivity index (χ0) is 40.9. The molecule has 7 rings (SSSR count). The van der Waals surface area contributed by atoms with Gasteiger partial charge in [-0.25, -0.2) is 0 Å². The first-order chi connectivity index (χ1) is 27.9. The number of hydrogen-bond acceptors (Lipinski definition) is 8. The number of phenolic OH excluding ortho intramolecular Hbond substituents is 1. The lowest BCUT2D eigenvalue weighted by atomic mass is 9.89. The Morgan fingerprint density at radius 2 is 1.57 bits per heavy atom. The van der Waals surface area contributed by atoms with Gasteiger partial charge in [0.25, 0.3) is 0 Å². The second kappa shape index (κ2) is 17.3. The minimum Gasteiger partial charge on any atom is -0.508 e. The number of fused-ring (bicyclic) bond motifs is 1. The second-order valence-electron chi connectivity index (χ2n) is 15.4. The number of nitrogens with zero attached hydrogens (tertiary/aromatic N) is 4. The SMILES string of the molecule is Cc1cc(O)cc(C)c1C[C@H](NC(=O)[C@H](N)C1CCN(C(=N)N)CC1)C(=O)N[C@@H](Cc1cn(C)c2ccccc12)c1nc(Cc2ccc(-c3ccccc3)cc2)no1. The summed E-state index contributed by atoms with van der Waals surface area (Å²) in [5, 5.41) is 29.6.